The van der Waals surface area contributed by atoms with Crippen molar-refractivity contribution >= 4 is 5.71 Å². The molecule has 0 saturated heterocycles. The minimum absolute atomic E-state index is 0.624. The molecule has 2 aliphatic rings. The Labute approximate surface area is 97.3 Å². The van der Waals surface area contributed by atoms with E-state index in [0.29, 0.717) is 5.92 Å². The Hall–Kier alpha value is -1.63. The van der Waals surface area contributed by atoms with Crippen LogP contribution < -0.4 is 0 Å². The highest BCUT2D eigenvalue weighted by Crippen LogP contribution is 2.30. The predicted octanol–water partition coefficient (Wildman–Crippen LogP) is 3.98. The second-order valence-corrected chi connectivity index (χ2v) is 4.38. The Kier molecular flexibility index (Phi) is 3.04. The summed E-state index contributed by atoms with van der Waals surface area (Å²) in [4.78, 5) is 4.34. The van der Waals surface area contributed by atoms with Crippen LogP contribution in [0.3, 0.4) is 0 Å². The predicted molar refractivity (Wildman–Crippen MR) is 70.5 cm³/mol. The van der Waals surface area contributed by atoms with Crippen LogP contribution in [0.5, 0.6) is 0 Å². The van der Waals surface area contributed by atoms with Crippen molar-refractivity contribution in [1.29, 1.82) is 0 Å². The molecule has 0 aromatic rings. The van der Waals surface area contributed by atoms with Gasteiger partial charge in [-0.05, 0) is 54.2 Å². The lowest BCUT2D eigenvalue weighted by atomic mass is 9.86. The van der Waals surface area contributed by atoms with Crippen molar-refractivity contribution in [2.24, 2.45) is 10.9 Å². The molecule has 2 rings (SSSR count). The second-order valence-electron chi connectivity index (χ2n) is 4.38. The lowest BCUT2D eigenvalue weighted by Crippen LogP contribution is -2.05. The van der Waals surface area contributed by atoms with Crippen molar-refractivity contribution in [2.75, 3.05) is 0 Å². The maximum absolute atomic E-state index is 4.34. The van der Waals surface area contributed by atoms with E-state index in [1.54, 1.807) is 6.08 Å². The number of rotatable bonds is 1. The van der Waals surface area contributed by atoms with Crippen LogP contribution in [0, 0.1) is 5.92 Å². The molecule has 1 unspecified atom stereocenters. The largest absolute Gasteiger partial charge is 0.257 e. The van der Waals surface area contributed by atoms with E-state index in [9.17, 15) is 0 Å². The SMILES string of the molecule is C=CC1=N/C=C\C2=C(CC(C)C=C2)C(\C)=C\1. The lowest BCUT2D eigenvalue weighted by Gasteiger charge is -2.20. The van der Waals surface area contributed by atoms with Gasteiger partial charge in [0.1, 0.15) is 0 Å². The molecule has 1 heteroatoms. The molecule has 0 saturated carbocycles. The molecule has 0 aromatic carbocycles. The fourth-order valence-electron chi connectivity index (χ4n) is 2.08. The van der Waals surface area contributed by atoms with Gasteiger partial charge in [0.25, 0.3) is 0 Å². The standard InChI is InChI=1S/C15H17N/c1-4-14-10-12(3)15-9-11(2)5-6-13(15)7-8-16-14/h4-8,10-11H,1,9H2,2-3H3/b8-7-,12-10+,13-7?,14-10?,15-12?,16-8?,16-14-. The molecule has 1 atom stereocenters. The third-order valence-corrected chi connectivity index (χ3v) is 3.01. The maximum atomic E-state index is 4.34. The van der Waals surface area contributed by atoms with Crippen LogP contribution in [-0.2, 0) is 0 Å². The summed E-state index contributed by atoms with van der Waals surface area (Å²) in [6.07, 6.45) is 13.4. The van der Waals surface area contributed by atoms with Crippen LogP contribution in [0.15, 0.2) is 64.9 Å². The first-order chi connectivity index (χ1) is 7.70. The summed E-state index contributed by atoms with van der Waals surface area (Å²) in [6.45, 7) is 8.17. The van der Waals surface area contributed by atoms with E-state index < -0.39 is 0 Å². The fourth-order valence-corrected chi connectivity index (χ4v) is 2.08. The van der Waals surface area contributed by atoms with E-state index in [-0.39, 0.29) is 0 Å². The van der Waals surface area contributed by atoms with Crippen LogP contribution in [0.1, 0.15) is 20.3 Å². The topological polar surface area (TPSA) is 12.4 Å². The molecular formula is C15H17N. The Balaban J connectivity index is 2.45. The molecule has 82 valence electrons. The molecule has 0 aromatic heterocycles. The van der Waals surface area contributed by atoms with Crippen molar-refractivity contribution in [3.63, 3.8) is 0 Å². The van der Waals surface area contributed by atoms with Crippen LogP contribution in [0.4, 0.5) is 0 Å². The third kappa shape index (κ3) is 2.13. The maximum Gasteiger partial charge on any atom is 0.0626 e. The Bertz CT molecular complexity index is 456. The van der Waals surface area contributed by atoms with Gasteiger partial charge >= 0.3 is 0 Å². The molecule has 1 heterocycles. The molecule has 0 radical (unpaired) electrons. The number of hydrogen-bond donors (Lipinski definition) is 0. The number of hydrogen-bond acceptors (Lipinski definition) is 1. The molecule has 1 nitrogen and oxygen atoms in total. The molecule has 1 aliphatic carbocycles. The van der Waals surface area contributed by atoms with Crippen LogP contribution >= 0.6 is 0 Å². The Morgan fingerprint density at radius 1 is 1.44 bits per heavy atom. The highest BCUT2D eigenvalue weighted by Gasteiger charge is 2.14. The summed E-state index contributed by atoms with van der Waals surface area (Å²) in [6, 6.07) is 0. The summed E-state index contributed by atoms with van der Waals surface area (Å²) >= 11 is 0. The smallest absolute Gasteiger partial charge is 0.0626 e. The second kappa shape index (κ2) is 4.48. The van der Waals surface area contributed by atoms with E-state index in [4.69, 9.17) is 0 Å². The van der Waals surface area contributed by atoms with Crippen LogP contribution in [0.2, 0.25) is 0 Å². The van der Waals surface area contributed by atoms with Crippen molar-refractivity contribution in [3.8, 4) is 0 Å². The van der Waals surface area contributed by atoms with Crippen molar-refractivity contribution in [2.45, 2.75) is 20.3 Å². The van der Waals surface area contributed by atoms with E-state index in [1.807, 2.05) is 6.20 Å². The number of allylic oxidation sites excluding steroid dienone is 8. The fraction of sp³-hybridized carbons (Fsp3) is 0.267. The number of nitrogens with zero attached hydrogens (tertiary/aromatic N) is 1. The van der Waals surface area contributed by atoms with Crippen LogP contribution in [-0.4, -0.2) is 5.71 Å². The normalized spacial score (nSPS) is 32.8. The van der Waals surface area contributed by atoms with Gasteiger partial charge in [0, 0.05) is 6.20 Å². The van der Waals surface area contributed by atoms with Gasteiger partial charge in [-0.25, -0.2) is 0 Å². The van der Waals surface area contributed by atoms with E-state index >= 15 is 0 Å². The molecular weight excluding hydrogens is 194 g/mol. The highest BCUT2D eigenvalue weighted by atomic mass is 14.7. The molecule has 1 aliphatic heterocycles. The zero-order chi connectivity index (χ0) is 11.5. The Morgan fingerprint density at radius 2 is 2.25 bits per heavy atom. The summed E-state index contributed by atoms with van der Waals surface area (Å²) in [5, 5.41) is 0. The minimum Gasteiger partial charge on any atom is -0.257 e. The first kappa shape index (κ1) is 10.9. The van der Waals surface area contributed by atoms with E-state index in [0.717, 1.165) is 12.1 Å². The van der Waals surface area contributed by atoms with Gasteiger partial charge in [0.2, 0.25) is 0 Å². The quantitative estimate of drug-likeness (QED) is 0.622. The van der Waals surface area contributed by atoms with Gasteiger partial charge in [-0.2, -0.15) is 0 Å². The highest BCUT2D eigenvalue weighted by molar-refractivity contribution is 6.05. The minimum atomic E-state index is 0.624. The van der Waals surface area contributed by atoms with Crippen LogP contribution in [0.25, 0.3) is 0 Å². The van der Waals surface area contributed by atoms with E-state index in [2.05, 4.69) is 49.7 Å². The van der Waals surface area contributed by atoms with Crippen molar-refractivity contribution < 1.29 is 0 Å². The molecule has 0 amide bonds. The average molecular weight is 211 g/mol. The van der Waals surface area contributed by atoms with Gasteiger partial charge in [0.15, 0.2) is 0 Å². The zero-order valence-electron chi connectivity index (χ0n) is 9.90. The van der Waals surface area contributed by atoms with Gasteiger partial charge in [-0.3, -0.25) is 4.99 Å². The molecule has 16 heavy (non-hydrogen) atoms. The van der Waals surface area contributed by atoms with Gasteiger partial charge in [-0.1, -0.05) is 25.7 Å². The van der Waals surface area contributed by atoms with E-state index in [1.165, 1.54) is 16.7 Å². The summed E-state index contributed by atoms with van der Waals surface area (Å²) in [5.74, 6) is 0.624. The third-order valence-electron chi connectivity index (χ3n) is 3.01. The Morgan fingerprint density at radius 3 is 3.00 bits per heavy atom. The van der Waals surface area contributed by atoms with Crippen molar-refractivity contribution in [1.82, 2.24) is 0 Å². The summed E-state index contributed by atoms with van der Waals surface area (Å²) in [5.41, 5.74) is 4.95. The summed E-state index contributed by atoms with van der Waals surface area (Å²) < 4.78 is 0. The molecule has 0 spiro atoms. The first-order valence-electron chi connectivity index (χ1n) is 5.67. The number of aliphatic imine (C=N–C) groups is 1. The zero-order valence-corrected chi connectivity index (χ0v) is 9.90. The monoisotopic (exact) mass is 211 g/mol. The van der Waals surface area contributed by atoms with Gasteiger partial charge in [0.05, 0.1) is 5.71 Å². The average Bonchev–Trinajstić information content (AvgIpc) is 2.27. The molecule has 0 fully saturated rings. The molecule has 0 N–H and O–H groups in total. The lowest BCUT2D eigenvalue weighted by molar-refractivity contribution is 0.707. The first-order valence-corrected chi connectivity index (χ1v) is 5.67. The van der Waals surface area contributed by atoms with Gasteiger partial charge < -0.3 is 0 Å². The van der Waals surface area contributed by atoms with Crippen molar-refractivity contribution in [3.05, 3.63) is 59.9 Å². The molecule has 0 bridgehead atoms. The van der Waals surface area contributed by atoms with Gasteiger partial charge in [-0.15, -0.1) is 0 Å². The summed E-state index contributed by atoms with van der Waals surface area (Å²) in [7, 11) is 0.